The van der Waals surface area contributed by atoms with Crippen LogP contribution in [-0.2, 0) is 16.1 Å². The SMILES string of the molecule is Cc1c(F)cccc1[C@H](C)NC(=O)c1ccc2c(c1)c(C)c(C)n2Cc1ccc(-c2ccccc2)cc1.O=C=O. The molecule has 1 N–H and O–H groups in total. The van der Waals surface area contributed by atoms with Crippen molar-refractivity contribution >= 4 is 23.0 Å². The number of hydrogen-bond donors (Lipinski definition) is 1. The van der Waals surface area contributed by atoms with Gasteiger partial charge in [-0.2, -0.15) is 9.59 Å². The molecule has 0 saturated carbocycles. The van der Waals surface area contributed by atoms with Crippen LogP contribution in [-0.4, -0.2) is 16.6 Å². The highest BCUT2D eigenvalue weighted by molar-refractivity contribution is 5.99. The second-order valence-electron chi connectivity index (χ2n) is 9.82. The molecular weight excluding hydrogens is 503 g/mol. The number of carbonyl (C=O) groups excluding carboxylic acids is 3. The number of rotatable bonds is 6. The summed E-state index contributed by atoms with van der Waals surface area (Å²) in [5, 5.41) is 4.10. The van der Waals surface area contributed by atoms with Gasteiger partial charge in [0.1, 0.15) is 5.82 Å². The van der Waals surface area contributed by atoms with Gasteiger partial charge in [-0.15, -0.1) is 0 Å². The van der Waals surface area contributed by atoms with Crippen LogP contribution >= 0.6 is 0 Å². The summed E-state index contributed by atoms with van der Waals surface area (Å²) in [5.41, 5.74) is 9.03. The summed E-state index contributed by atoms with van der Waals surface area (Å²) in [6, 6.07) is 29.6. The molecule has 5 nitrogen and oxygen atoms in total. The molecule has 1 amide bonds. The first-order chi connectivity index (χ1) is 19.2. The van der Waals surface area contributed by atoms with Crippen molar-refractivity contribution in [3.63, 3.8) is 0 Å². The zero-order chi connectivity index (χ0) is 28.8. The summed E-state index contributed by atoms with van der Waals surface area (Å²) in [7, 11) is 0. The largest absolute Gasteiger partial charge is 0.373 e. The molecule has 1 heterocycles. The van der Waals surface area contributed by atoms with E-state index < -0.39 is 0 Å². The smallest absolute Gasteiger partial charge is 0.346 e. The lowest BCUT2D eigenvalue weighted by Gasteiger charge is -2.17. The highest BCUT2D eigenvalue weighted by Crippen LogP contribution is 2.28. The standard InChI is InChI=1S/C33H31FN2O.CO2/c1-21-24(4)36(20-25-13-15-27(16-14-25)26-9-6-5-7-10-26)32-18-17-28(19-30(21)32)33(37)35-23(3)29-11-8-12-31(34)22(29)2;2-1-3/h5-19,23H,20H2,1-4H3,(H,35,37);/t23-;/m0./s1. The Kier molecular flexibility index (Phi) is 8.73. The third kappa shape index (κ3) is 5.93. The second kappa shape index (κ2) is 12.4. The van der Waals surface area contributed by atoms with Crippen molar-refractivity contribution in [3.8, 4) is 11.1 Å². The van der Waals surface area contributed by atoms with E-state index in [9.17, 15) is 9.18 Å². The Balaban J connectivity index is 0.00000118. The van der Waals surface area contributed by atoms with Crippen LogP contribution in [0.15, 0.2) is 91.0 Å². The Labute approximate surface area is 233 Å². The minimum absolute atomic E-state index is 0.167. The molecular formula is C34H31FN2O3. The summed E-state index contributed by atoms with van der Waals surface area (Å²) in [5.74, 6) is -0.429. The van der Waals surface area contributed by atoms with Gasteiger partial charge in [0.05, 0.1) is 6.04 Å². The Morgan fingerprint density at radius 3 is 2.17 bits per heavy atom. The summed E-state index contributed by atoms with van der Waals surface area (Å²) >= 11 is 0. The van der Waals surface area contributed by atoms with E-state index in [2.05, 4.69) is 72.3 Å². The molecule has 0 spiro atoms. The molecule has 0 saturated heterocycles. The number of halogens is 1. The van der Waals surface area contributed by atoms with Gasteiger partial charge in [-0.05, 0) is 85.3 Å². The molecule has 0 aliphatic rings. The van der Waals surface area contributed by atoms with Crippen molar-refractivity contribution in [3.05, 3.63) is 130 Å². The van der Waals surface area contributed by atoms with E-state index in [1.165, 1.54) is 34.0 Å². The number of nitrogens with one attached hydrogen (secondary N) is 1. The fraction of sp³-hybridized carbons (Fsp3) is 0.176. The van der Waals surface area contributed by atoms with Crippen LogP contribution in [0.5, 0.6) is 0 Å². The first-order valence-corrected chi connectivity index (χ1v) is 13.0. The van der Waals surface area contributed by atoms with Crippen LogP contribution in [0.1, 0.15) is 51.3 Å². The number of benzene rings is 4. The molecule has 0 radical (unpaired) electrons. The number of hydrogen-bond acceptors (Lipinski definition) is 3. The minimum atomic E-state index is -0.301. The van der Waals surface area contributed by atoms with Crippen LogP contribution in [0.4, 0.5) is 4.39 Å². The molecule has 202 valence electrons. The average Bonchev–Trinajstić information content (AvgIpc) is 3.20. The van der Waals surface area contributed by atoms with Gasteiger partial charge < -0.3 is 9.88 Å². The van der Waals surface area contributed by atoms with Gasteiger partial charge in [0.25, 0.3) is 5.91 Å². The van der Waals surface area contributed by atoms with Gasteiger partial charge in [0.15, 0.2) is 0 Å². The van der Waals surface area contributed by atoms with Crippen LogP contribution in [0.25, 0.3) is 22.0 Å². The maximum absolute atomic E-state index is 14.0. The number of amides is 1. The number of aromatic nitrogens is 1. The summed E-state index contributed by atoms with van der Waals surface area (Å²) in [6.45, 7) is 8.61. The van der Waals surface area contributed by atoms with Crippen LogP contribution < -0.4 is 5.32 Å². The summed E-state index contributed by atoms with van der Waals surface area (Å²) in [4.78, 5) is 29.3. The van der Waals surface area contributed by atoms with E-state index in [1.54, 1.807) is 13.0 Å². The van der Waals surface area contributed by atoms with Crippen LogP contribution in [0.2, 0.25) is 0 Å². The van der Waals surface area contributed by atoms with Crippen molar-refractivity contribution in [1.82, 2.24) is 9.88 Å². The zero-order valence-electron chi connectivity index (χ0n) is 23.0. The first-order valence-electron chi connectivity index (χ1n) is 13.0. The van der Waals surface area contributed by atoms with E-state index >= 15 is 0 Å². The van der Waals surface area contributed by atoms with Crippen molar-refractivity contribution in [1.29, 1.82) is 0 Å². The van der Waals surface area contributed by atoms with Crippen LogP contribution in [0.3, 0.4) is 0 Å². The molecule has 6 heteroatoms. The number of aryl methyl sites for hydroxylation is 1. The number of nitrogens with zero attached hydrogens (tertiary/aromatic N) is 1. The Hall–Kier alpha value is -4.80. The van der Waals surface area contributed by atoms with Gasteiger partial charge >= 0.3 is 6.15 Å². The predicted octanol–water partition coefficient (Wildman–Crippen LogP) is 7.33. The molecule has 40 heavy (non-hydrogen) atoms. The Bertz CT molecular complexity index is 1680. The summed E-state index contributed by atoms with van der Waals surface area (Å²) in [6.07, 6.45) is 0.250. The lowest BCUT2D eigenvalue weighted by atomic mass is 10.0. The lowest BCUT2D eigenvalue weighted by Crippen LogP contribution is -2.27. The molecule has 0 unspecified atom stereocenters. The van der Waals surface area contributed by atoms with Crippen LogP contribution in [0, 0.1) is 26.6 Å². The van der Waals surface area contributed by atoms with Gasteiger partial charge in [0, 0.05) is 28.7 Å². The highest BCUT2D eigenvalue weighted by atomic mass is 19.1. The van der Waals surface area contributed by atoms with Crippen molar-refractivity contribution in [2.24, 2.45) is 0 Å². The first kappa shape index (κ1) is 28.2. The molecule has 5 aromatic rings. The Morgan fingerprint density at radius 1 is 0.850 bits per heavy atom. The van der Waals surface area contributed by atoms with Crippen molar-refractivity contribution in [2.45, 2.75) is 40.3 Å². The molecule has 1 atom stereocenters. The molecule has 4 aromatic carbocycles. The highest BCUT2D eigenvalue weighted by Gasteiger charge is 2.17. The van der Waals surface area contributed by atoms with Gasteiger partial charge in [-0.1, -0.05) is 66.7 Å². The molecule has 0 aliphatic carbocycles. The normalized spacial score (nSPS) is 11.3. The number of fused-ring (bicyclic) bond motifs is 1. The van der Waals surface area contributed by atoms with Gasteiger partial charge in [0.2, 0.25) is 0 Å². The van der Waals surface area contributed by atoms with Crippen molar-refractivity contribution < 1.29 is 18.8 Å². The van der Waals surface area contributed by atoms with Crippen molar-refractivity contribution in [2.75, 3.05) is 0 Å². The second-order valence-corrected chi connectivity index (χ2v) is 9.82. The van der Waals surface area contributed by atoms with Gasteiger partial charge in [-0.25, -0.2) is 4.39 Å². The zero-order valence-corrected chi connectivity index (χ0v) is 23.0. The Morgan fingerprint density at radius 2 is 1.50 bits per heavy atom. The molecule has 5 rings (SSSR count). The number of carbonyl (C=O) groups is 1. The fourth-order valence-electron chi connectivity index (χ4n) is 5.06. The topological polar surface area (TPSA) is 68.2 Å². The third-order valence-corrected chi connectivity index (χ3v) is 7.43. The van der Waals surface area contributed by atoms with Gasteiger partial charge in [-0.3, -0.25) is 4.79 Å². The predicted molar refractivity (Wildman–Crippen MR) is 154 cm³/mol. The monoisotopic (exact) mass is 534 g/mol. The van der Waals surface area contributed by atoms with E-state index in [-0.39, 0.29) is 23.9 Å². The van der Waals surface area contributed by atoms with E-state index in [4.69, 9.17) is 9.59 Å². The lowest BCUT2D eigenvalue weighted by molar-refractivity contribution is -0.191. The molecule has 0 fully saturated rings. The maximum atomic E-state index is 14.0. The maximum Gasteiger partial charge on any atom is 0.373 e. The molecule has 1 aromatic heterocycles. The quantitative estimate of drug-likeness (QED) is 0.248. The van der Waals surface area contributed by atoms with E-state index in [1.807, 2.05) is 37.3 Å². The molecule has 0 bridgehead atoms. The third-order valence-electron chi connectivity index (χ3n) is 7.43. The van der Waals surface area contributed by atoms with E-state index in [0.717, 1.165) is 23.0 Å². The van der Waals surface area contributed by atoms with E-state index in [0.29, 0.717) is 11.1 Å². The average molecular weight is 535 g/mol. The minimum Gasteiger partial charge on any atom is -0.346 e. The fourth-order valence-corrected chi connectivity index (χ4v) is 5.06. The summed E-state index contributed by atoms with van der Waals surface area (Å²) < 4.78 is 16.3. The molecule has 0 aliphatic heterocycles.